The maximum absolute atomic E-state index is 12.1. The molecule has 2 rings (SSSR count). The van der Waals surface area contributed by atoms with E-state index in [0.29, 0.717) is 18.8 Å². The average molecular weight is 392 g/mol. The van der Waals surface area contributed by atoms with E-state index in [2.05, 4.69) is 0 Å². The van der Waals surface area contributed by atoms with Crippen molar-refractivity contribution in [3.05, 3.63) is 59.7 Å². The molecule has 0 N–H and O–H groups in total. The van der Waals surface area contributed by atoms with Crippen LogP contribution in [0.4, 0.5) is 0 Å². The number of esters is 1. The van der Waals surface area contributed by atoms with Gasteiger partial charge in [-0.25, -0.2) is 0 Å². The van der Waals surface area contributed by atoms with Gasteiger partial charge in [-0.05, 0) is 50.1 Å². The SMILES string of the molecule is CCOC(=O)CCOc1ccc(CCOS(=O)(=O)c2ccc(C)cc2)cc1. The third kappa shape index (κ3) is 7.03. The molecule has 27 heavy (non-hydrogen) atoms. The quantitative estimate of drug-likeness (QED) is 0.456. The number of benzene rings is 2. The molecule has 0 aromatic heterocycles. The largest absolute Gasteiger partial charge is 0.493 e. The van der Waals surface area contributed by atoms with Crippen LogP contribution in [0.15, 0.2) is 53.4 Å². The van der Waals surface area contributed by atoms with Gasteiger partial charge in [-0.15, -0.1) is 0 Å². The molecule has 0 heterocycles. The zero-order chi connectivity index (χ0) is 19.7. The van der Waals surface area contributed by atoms with Crippen LogP contribution in [0.1, 0.15) is 24.5 Å². The molecular weight excluding hydrogens is 368 g/mol. The molecule has 7 heteroatoms. The molecule has 0 unspecified atom stereocenters. The van der Waals surface area contributed by atoms with E-state index in [4.69, 9.17) is 13.7 Å². The molecule has 2 aromatic rings. The number of ether oxygens (including phenoxy) is 2. The van der Waals surface area contributed by atoms with E-state index in [-0.39, 0.29) is 30.5 Å². The van der Waals surface area contributed by atoms with Crippen molar-refractivity contribution in [3.63, 3.8) is 0 Å². The smallest absolute Gasteiger partial charge is 0.309 e. The zero-order valence-electron chi connectivity index (χ0n) is 15.5. The molecule has 6 nitrogen and oxygen atoms in total. The summed E-state index contributed by atoms with van der Waals surface area (Å²) in [5.41, 5.74) is 1.91. The van der Waals surface area contributed by atoms with Crippen LogP contribution in [0.2, 0.25) is 0 Å². The number of rotatable bonds is 10. The normalized spacial score (nSPS) is 11.2. The fraction of sp³-hybridized carbons (Fsp3) is 0.350. The number of aryl methyl sites for hydroxylation is 1. The van der Waals surface area contributed by atoms with Crippen LogP contribution in [0.3, 0.4) is 0 Å². The van der Waals surface area contributed by atoms with E-state index in [0.717, 1.165) is 11.1 Å². The van der Waals surface area contributed by atoms with Gasteiger partial charge in [0, 0.05) is 0 Å². The lowest BCUT2D eigenvalue weighted by molar-refractivity contribution is -0.143. The monoisotopic (exact) mass is 392 g/mol. The maximum atomic E-state index is 12.1. The molecule has 0 atom stereocenters. The van der Waals surface area contributed by atoms with Crippen LogP contribution in [0.25, 0.3) is 0 Å². The summed E-state index contributed by atoms with van der Waals surface area (Å²) in [5, 5.41) is 0. The van der Waals surface area contributed by atoms with Gasteiger partial charge in [0.1, 0.15) is 5.75 Å². The van der Waals surface area contributed by atoms with Gasteiger partial charge in [-0.2, -0.15) is 8.42 Å². The molecule has 0 fully saturated rings. The van der Waals surface area contributed by atoms with Gasteiger partial charge in [-0.1, -0.05) is 29.8 Å². The highest BCUT2D eigenvalue weighted by atomic mass is 32.2. The van der Waals surface area contributed by atoms with Crippen LogP contribution < -0.4 is 4.74 Å². The van der Waals surface area contributed by atoms with Gasteiger partial charge >= 0.3 is 5.97 Å². The molecule has 0 spiro atoms. The molecule has 0 aliphatic rings. The van der Waals surface area contributed by atoms with E-state index in [1.165, 1.54) is 12.1 Å². The van der Waals surface area contributed by atoms with Crippen LogP contribution in [0, 0.1) is 6.92 Å². The maximum Gasteiger partial charge on any atom is 0.309 e. The molecule has 0 saturated heterocycles. The molecule has 2 aromatic carbocycles. The summed E-state index contributed by atoms with van der Waals surface area (Å²) in [6, 6.07) is 13.8. The summed E-state index contributed by atoms with van der Waals surface area (Å²) < 4.78 is 39.7. The predicted molar refractivity (Wildman–Crippen MR) is 101 cm³/mol. The van der Waals surface area contributed by atoms with Crippen molar-refractivity contribution in [2.75, 3.05) is 19.8 Å². The lowest BCUT2D eigenvalue weighted by atomic mass is 10.1. The fourth-order valence-electron chi connectivity index (χ4n) is 2.28. The Hall–Kier alpha value is -2.38. The van der Waals surface area contributed by atoms with E-state index in [1.54, 1.807) is 31.2 Å². The number of hydrogen-bond acceptors (Lipinski definition) is 6. The second-order valence-corrected chi connectivity index (χ2v) is 7.50. The summed E-state index contributed by atoms with van der Waals surface area (Å²) in [5.74, 6) is 0.345. The van der Waals surface area contributed by atoms with Crippen molar-refractivity contribution in [3.8, 4) is 5.75 Å². The van der Waals surface area contributed by atoms with E-state index in [1.807, 2.05) is 19.1 Å². The number of hydrogen-bond donors (Lipinski definition) is 0. The second kappa shape index (κ2) is 10.1. The van der Waals surface area contributed by atoms with Crippen LogP contribution >= 0.6 is 0 Å². The minimum absolute atomic E-state index is 0.0548. The minimum atomic E-state index is -3.75. The highest BCUT2D eigenvalue weighted by molar-refractivity contribution is 7.86. The molecule has 146 valence electrons. The summed E-state index contributed by atoms with van der Waals surface area (Å²) in [6.07, 6.45) is 0.647. The Balaban J connectivity index is 1.78. The highest BCUT2D eigenvalue weighted by Gasteiger charge is 2.14. The third-order valence-electron chi connectivity index (χ3n) is 3.74. The Kier molecular flexibility index (Phi) is 7.82. The first-order valence-corrected chi connectivity index (χ1v) is 10.1. The standard InChI is InChI=1S/C20H24O6S/c1-3-24-20(21)13-14-25-18-8-6-17(7-9-18)12-15-26-27(22,23)19-10-4-16(2)5-11-19/h4-11H,3,12-15H2,1-2H3. The molecule has 0 bridgehead atoms. The van der Waals surface area contributed by atoms with Gasteiger partial charge in [0.25, 0.3) is 10.1 Å². The first kappa shape index (κ1) is 20.9. The van der Waals surface area contributed by atoms with E-state index < -0.39 is 10.1 Å². The second-order valence-electron chi connectivity index (χ2n) is 5.89. The van der Waals surface area contributed by atoms with Crippen LogP contribution in [-0.4, -0.2) is 34.2 Å². The highest BCUT2D eigenvalue weighted by Crippen LogP contribution is 2.16. The first-order chi connectivity index (χ1) is 12.9. The summed E-state index contributed by atoms with van der Waals surface area (Å²) in [4.78, 5) is 11.4. The summed E-state index contributed by atoms with van der Waals surface area (Å²) in [7, 11) is -3.75. The van der Waals surface area contributed by atoms with Gasteiger partial charge in [-0.3, -0.25) is 8.98 Å². The van der Waals surface area contributed by atoms with Crippen molar-refractivity contribution in [1.82, 2.24) is 0 Å². The van der Waals surface area contributed by atoms with Crippen molar-refractivity contribution in [1.29, 1.82) is 0 Å². The molecule has 0 amide bonds. The predicted octanol–water partition coefficient (Wildman–Crippen LogP) is 3.28. The number of carbonyl (C=O) groups excluding carboxylic acids is 1. The van der Waals surface area contributed by atoms with Crippen molar-refractivity contribution in [2.24, 2.45) is 0 Å². The fourth-order valence-corrected chi connectivity index (χ4v) is 3.19. The van der Waals surface area contributed by atoms with Crippen molar-refractivity contribution in [2.45, 2.75) is 31.6 Å². The Morgan fingerprint density at radius 2 is 1.63 bits per heavy atom. The van der Waals surface area contributed by atoms with Crippen molar-refractivity contribution >= 4 is 16.1 Å². The Bertz CT molecular complexity index is 826. The molecule has 0 aliphatic heterocycles. The van der Waals surface area contributed by atoms with Crippen molar-refractivity contribution < 1.29 is 26.9 Å². The van der Waals surface area contributed by atoms with E-state index >= 15 is 0 Å². The van der Waals surface area contributed by atoms with Gasteiger partial charge in [0.15, 0.2) is 0 Å². The topological polar surface area (TPSA) is 78.9 Å². The van der Waals surface area contributed by atoms with Gasteiger partial charge < -0.3 is 9.47 Å². The lowest BCUT2D eigenvalue weighted by Crippen LogP contribution is -2.10. The van der Waals surface area contributed by atoms with E-state index in [9.17, 15) is 13.2 Å². The molecule has 0 radical (unpaired) electrons. The molecule has 0 saturated carbocycles. The minimum Gasteiger partial charge on any atom is -0.493 e. The third-order valence-corrected chi connectivity index (χ3v) is 5.07. The summed E-state index contributed by atoms with van der Waals surface area (Å²) in [6.45, 7) is 4.30. The summed E-state index contributed by atoms with van der Waals surface area (Å²) >= 11 is 0. The van der Waals surface area contributed by atoms with Gasteiger partial charge in [0.05, 0.1) is 31.1 Å². The lowest BCUT2D eigenvalue weighted by Gasteiger charge is -2.08. The molecule has 0 aliphatic carbocycles. The van der Waals surface area contributed by atoms with Crippen LogP contribution in [0.5, 0.6) is 5.75 Å². The average Bonchev–Trinajstić information content (AvgIpc) is 2.63. The molecular formula is C20H24O6S. The Morgan fingerprint density at radius 1 is 0.963 bits per heavy atom. The van der Waals surface area contributed by atoms with Gasteiger partial charge in [0.2, 0.25) is 0 Å². The number of carbonyl (C=O) groups is 1. The Morgan fingerprint density at radius 3 is 2.26 bits per heavy atom. The van der Waals surface area contributed by atoms with Crippen LogP contribution in [-0.2, 0) is 30.3 Å². The Labute approximate surface area is 160 Å². The zero-order valence-corrected chi connectivity index (χ0v) is 16.3. The first-order valence-electron chi connectivity index (χ1n) is 8.74.